The van der Waals surface area contributed by atoms with Crippen LogP contribution in [0.5, 0.6) is 5.88 Å². The molecule has 2 aromatic heterocycles. The van der Waals surface area contributed by atoms with Crippen molar-refractivity contribution in [2.75, 3.05) is 5.32 Å². The highest BCUT2D eigenvalue weighted by molar-refractivity contribution is 5.90. The molecule has 0 aliphatic heterocycles. The van der Waals surface area contributed by atoms with E-state index in [9.17, 15) is 4.79 Å². The zero-order chi connectivity index (χ0) is 16.1. The van der Waals surface area contributed by atoms with E-state index in [1.807, 2.05) is 27.7 Å². The van der Waals surface area contributed by atoms with E-state index in [4.69, 9.17) is 9.26 Å². The van der Waals surface area contributed by atoms with Crippen molar-refractivity contribution in [1.82, 2.24) is 10.1 Å². The van der Waals surface area contributed by atoms with Crippen molar-refractivity contribution >= 4 is 11.6 Å². The van der Waals surface area contributed by atoms with Gasteiger partial charge in [0.05, 0.1) is 23.7 Å². The summed E-state index contributed by atoms with van der Waals surface area (Å²) in [5, 5.41) is 6.70. The number of aromatic nitrogens is 2. The number of pyridine rings is 1. The SMILES string of the molecule is Cc1noc(C)c1CCC(=O)Nc1ccc(OC(C)C)nc1. The lowest BCUT2D eigenvalue weighted by Gasteiger charge is -2.09. The van der Waals surface area contributed by atoms with Gasteiger partial charge in [-0.1, -0.05) is 5.16 Å². The topological polar surface area (TPSA) is 77.2 Å². The van der Waals surface area contributed by atoms with Crippen LogP contribution in [0.25, 0.3) is 0 Å². The van der Waals surface area contributed by atoms with Gasteiger partial charge >= 0.3 is 0 Å². The zero-order valence-corrected chi connectivity index (χ0v) is 13.3. The van der Waals surface area contributed by atoms with Gasteiger partial charge in [0.25, 0.3) is 0 Å². The predicted octanol–water partition coefficient (Wildman–Crippen LogP) is 3.04. The molecule has 6 heteroatoms. The van der Waals surface area contributed by atoms with Crippen LogP contribution in [0, 0.1) is 13.8 Å². The van der Waals surface area contributed by atoms with Crippen LogP contribution in [0.1, 0.15) is 37.3 Å². The Balaban J connectivity index is 1.87. The summed E-state index contributed by atoms with van der Waals surface area (Å²) in [6, 6.07) is 3.52. The first-order valence-electron chi connectivity index (χ1n) is 7.30. The first-order chi connectivity index (χ1) is 10.5. The van der Waals surface area contributed by atoms with Crippen molar-refractivity contribution in [3.05, 3.63) is 35.3 Å². The molecular formula is C16H21N3O3. The smallest absolute Gasteiger partial charge is 0.224 e. The molecule has 2 rings (SSSR count). The average molecular weight is 303 g/mol. The summed E-state index contributed by atoms with van der Waals surface area (Å²) in [7, 11) is 0. The van der Waals surface area contributed by atoms with Crippen molar-refractivity contribution < 1.29 is 14.1 Å². The molecule has 6 nitrogen and oxygen atoms in total. The zero-order valence-electron chi connectivity index (χ0n) is 13.3. The third kappa shape index (κ3) is 4.31. The Morgan fingerprint density at radius 3 is 2.68 bits per heavy atom. The summed E-state index contributed by atoms with van der Waals surface area (Å²) in [5.41, 5.74) is 2.48. The number of hydrogen-bond donors (Lipinski definition) is 1. The second-order valence-electron chi connectivity index (χ2n) is 5.40. The number of ether oxygens (including phenoxy) is 1. The van der Waals surface area contributed by atoms with E-state index in [2.05, 4.69) is 15.5 Å². The second-order valence-corrected chi connectivity index (χ2v) is 5.40. The molecule has 0 bridgehead atoms. The van der Waals surface area contributed by atoms with Crippen LogP contribution in [-0.2, 0) is 11.2 Å². The number of carbonyl (C=O) groups excluding carboxylic acids is 1. The Bertz CT molecular complexity index is 613. The number of anilines is 1. The van der Waals surface area contributed by atoms with Gasteiger partial charge in [0.2, 0.25) is 11.8 Å². The van der Waals surface area contributed by atoms with Crippen LogP contribution in [0.2, 0.25) is 0 Å². The lowest BCUT2D eigenvalue weighted by molar-refractivity contribution is -0.116. The number of carbonyl (C=O) groups is 1. The maximum absolute atomic E-state index is 12.0. The standard InChI is InChI=1S/C16H21N3O3/c1-10(2)21-16-8-5-13(9-17-16)18-15(20)7-6-14-11(3)19-22-12(14)4/h5,8-10H,6-7H2,1-4H3,(H,18,20). The summed E-state index contributed by atoms with van der Waals surface area (Å²) in [4.78, 5) is 16.1. The molecule has 118 valence electrons. The van der Waals surface area contributed by atoms with Crippen molar-refractivity contribution in [3.8, 4) is 5.88 Å². The second kappa shape index (κ2) is 7.06. The van der Waals surface area contributed by atoms with Crippen LogP contribution < -0.4 is 10.1 Å². The largest absolute Gasteiger partial charge is 0.475 e. The molecule has 0 aliphatic carbocycles. The number of aryl methyl sites for hydroxylation is 2. The highest BCUT2D eigenvalue weighted by Gasteiger charge is 2.11. The number of nitrogens with one attached hydrogen (secondary N) is 1. The van der Waals surface area contributed by atoms with Gasteiger partial charge in [0.15, 0.2) is 0 Å². The monoisotopic (exact) mass is 303 g/mol. The van der Waals surface area contributed by atoms with Crippen molar-refractivity contribution in [2.45, 2.75) is 46.6 Å². The molecule has 0 saturated heterocycles. The quantitative estimate of drug-likeness (QED) is 0.887. The highest BCUT2D eigenvalue weighted by atomic mass is 16.5. The van der Waals surface area contributed by atoms with Crippen molar-refractivity contribution in [2.24, 2.45) is 0 Å². The van der Waals surface area contributed by atoms with E-state index in [1.165, 1.54) is 0 Å². The fourth-order valence-electron chi connectivity index (χ4n) is 2.09. The molecule has 0 spiro atoms. The van der Waals surface area contributed by atoms with Gasteiger partial charge in [0, 0.05) is 18.1 Å². The van der Waals surface area contributed by atoms with E-state index >= 15 is 0 Å². The molecule has 1 N–H and O–H groups in total. The van der Waals surface area contributed by atoms with Gasteiger partial charge in [-0.3, -0.25) is 4.79 Å². The van der Waals surface area contributed by atoms with Gasteiger partial charge in [-0.25, -0.2) is 4.98 Å². The molecule has 0 atom stereocenters. The van der Waals surface area contributed by atoms with Crippen LogP contribution in [-0.4, -0.2) is 22.2 Å². The summed E-state index contributed by atoms with van der Waals surface area (Å²) >= 11 is 0. The van der Waals surface area contributed by atoms with E-state index in [0.717, 1.165) is 17.0 Å². The molecule has 1 amide bonds. The van der Waals surface area contributed by atoms with Crippen molar-refractivity contribution in [3.63, 3.8) is 0 Å². The minimum absolute atomic E-state index is 0.0701. The van der Waals surface area contributed by atoms with Gasteiger partial charge in [-0.2, -0.15) is 0 Å². The first-order valence-corrected chi connectivity index (χ1v) is 7.30. The Morgan fingerprint density at radius 1 is 1.36 bits per heavy atom. The van der Waals surface area contributed by atoms with Gasteiger partial charge < -0.3 is 14.6 Å². The molecular weight excluding hydrogens is 282 g/mol. The Kier molecular flexibility index (Phi) is 5.14. The lowest BCUT2D eigenvalue weighted by Crippen LogP contribution is -2.13. The highest BCUT2D eigenvalue weighted by Crippen LogP contribution is 2.16. The summed E-state index contributed by atoms with van der Waals surface area (Å²) in [5.74, 6) is 1.24. The number of nitrogens with zero attached hydrogens (tertiary/aromatic N) is 2. The fourth-order valence-corrected chi connectivity index (χ4v) is 2.09. The molecule has 0 unspecified atom stereocenters. The average Bonchev–Trinajstić information content (AvgIpc) is 2.77. The molecule has 2 heterocycles. The molecule has 22 heavy (non-hydrogen) atoms. The molecule has 0 aromatic carbocycles. The minimum Gasteiger partial charge on any atom is -0.475 e. The van der Waals surface area contributed by atoms with Crippen LogP contribution in [0.4, 0.5) is 5.69 Å². The summed E-state index contributed by atoms with van der Waals surface area (Å²) in [6.07, 6.45) is 2.64. The van der Waals surface area contributed by atoms with Gasteiger partial charge in [-0.15, -0.1) is 0 Å². The van der Waals surface area contributed by atoms with Gasteiger partial charge in [-0.05, 0) is 40.2 Å². The Morgan fingerprint density at radius 2 is 2.14 bits per heavy atom. The Hall–Kier alpha value is -2.37. The van der Waals surface area contributed by atoms with Crippen LogP contribution >= 0.6 is 0 Å². The number of hydrogen-bond acceptors (Lipinski definition) is 5. The maximum Gasteiger partial charge on any atom is 0.224 e. The molecule has 0 fully saturated rings. The normalized spacial score (nSPS) is 10.8. The Labute approximate surface area is 129 Å². The maximum atomic E-state index is 12.0. The summed E-state index contributed by atoms with van der Waals surface area (Å²) in [6.45, 7) is 7.60. The van der Waals surface area contributed by atoms with Crippen molar-refractivity contribution in [1.29, 1.82) is 0 Å². The molecule has 0 saturated carbocycles. The summed E-state index contributed by atoms with van der Waals surface area (Å²) < 4.78 is 10.5. The number of rotatable bonds is 6. The molecule has 2 aromatic rings. The van der Waals surface area contributed by atoms with E-state index in [0.29, 0.717) is 24.4 Å². The van der Waals surface area contributed by atoms with Crippen LogP contribution in [0.15, 0.2) is 22.9 Å². The van der Waals surface area contributed by atoms with E-state index in [1.54, 1.807) is 18.3 Å². The van der Waals surface area contributed by atoms with Crippen LogP contribution in [0.3, 0.4) is 0 Å². The third-order valence-corrected chi connectivity index (χ3v) is 3.16. The van der Waals surface area contributed by atoms with Gasteiger partial charge in [0.1, 0.15) is 5.76 Å². The first kappa shape index (κ1) is 16.0. The predicted molar refractivity (Wildman–Crippen MR) is 82.9 cm³/mol. The van der Waals surface area contributed by atoms with E-state index < -0.39 is 0 Å². The molecule has 0 radical (unpaired) electrons. The fraction of sp³-hybridized carbons (Fsp3) is 0.438. The lowest BCUT2D eigenvalue weighted by atomic mass is 10.1. The minimum atomic E-state index is -0.0701. The molecule has 0 aliphatic rings. The van der Waals surface area contributed by atoms with E-state index in [-0.39, 0.29) is 12.0 Å². The third-order valence-electron chi connectivity index (χ3n) is 3.16. The number of amides is 1.